The van der Waals surface area contributed by atoms with Crippen molar-refractivity contribution < 1.29 is 0 Å². The molecule has 0 saturated carbocycles. The monoisotopic (exact) mass is 344 g/mol. The third-order valence-electron chi connectivity index (χ3n) is 3.79. The Morgan fingerprint density at radius 3 is 2.46 bits per heavy atom. The first-order valence-corrected chi connectivity index (χ1v) is 9.60. The quantitative estimate of drug-likeness (QED) is 0.570. The summed E-state index contributed by atoms with van der Waals surface area (Å²) in [5.74, 6) is 0.884. The van der Waals surface area contributed by atoms with Crippen LogP contribution in [0.2, 0.25) is 0 Å². The van der Waals surface area contributed by atoms with Crippen molar-refractivity contribution in [2.75, 3.05) is 19.6 Å². The molecule has 2 N–H and O–H groups in total. The van der Waals surface area contributed by atoms with Gasteiger partial charge in [0.05, 0.1) is 10.7 Å². The fourth-order valence-corrected chi connectivity index (χ4v) is 3.06. The largest absolute Gasteiger partial charge is 0.357 e. The molecule has 0 bridgehead atoms. The van der Waals surface area contributed by atoms with Crippen molar-refractivity contribution in [3.63, 3.8) is 0 Å². The first-order valence-electron chi connectivity index (χ1n) is 8.72. The van der Waals surface area contributed by atoms with Gasteiger partial charge in [0.2, 0.25) is 0 Å². The first kappa shape index (κ1) is 18.5. The highest BCUT2D eigenvalue weighted by Gasteiger charge is 2.00. The lowest BCUT2D eigenvalue weighted by Gasteiger charge is -2.11. The highest BCUT2D eigenvalue weighted by atomic mass is 32.1. The zero-order chi connectivity index (χ0) is 17.2. The van der Waals surface area contributed by atoms with E-state index >= 15 is 0 Å². The number of nitrogens with zero attached hydrogens (tertiary/aromatic N) is 2. The molecule has 0 fully saturated rings. The van der Waals surface area contributed by atoms with E-state index in [1.807, 2.05) is 6.92 Å². The van der Waals surface area contributed by atoms with Gasteiger partial charge in [0.1, 0.15) is 0 Å². The van der Waals surface area contributed by atoms with Gasteiger partial charge >= 0.3 is 0 Å². The Hall–Kier alpha value is -1.88. The summed E-state index contributed by atoms with van der Waals surface area (Å²) in [5.41, 5.74) is 3.88. The number of aliphatic imine (C=N–C) groups is 1. The molecule has 0 radical (unpaired) electrons. The standard InChI is InChI=1S/C19H28N4S/c1-4-16-6-8-17(9-7-16)10-12-21-19(20-5-2)22-13-11-18-14-24-15(3)23-18/h6-9,14H,4-5,10-13H2,1-3H3,(H2,20,21,22). The third-order valence-corrected chi connectivity index (χ3v) is 4.61. The van der Waals surface area contributed by atoms with Gasteiger partial charge in [0.25, 0.3) is 0 Å². The van der Waals surface area contributed by atoms with Crippen molar-refractivity contribution in [1.29, 1.82) is 0 Å². The van der Waals surface area contributed by atoms with Crippen LogP contribution in [-0.2, 0) is 19.3 Å². The number of benzene rings is 1. The third kappa shape index (κ3) is 6.32. The van der Waals surface area contributed by atoms with Crippen LogP contribution in [0.25, 0.3) is 0 Å². The molecule has 2 aromatic rings. The van der Waals surface area contributed by atoms with Gasteiger partial charge in [-0.2, -0.15) is 0 Å². The van der Waals surface area contributed by atoms with E-state index < -0.39 is 0 Å². The summed E-state index contributed by atoms with van der Waals surface area (Å²) in [6, 6.07) is 8.86. The van der Waals surface area contributed by atoms with Crippen LogP contribution in [0, 0.1) is 6.92 Å². The Labute approximate surface area is 149 Å². The lowest BCUT2D eigenvalue weighted by Crippen LogP contribution is -2.38. The number of aromatic nitrogens is 1. The predicted octanol–water partition coefficient (Wildman–Crippen LogP) is 3.35. The molecule has 0 aliphatic carbocycles. The maximum absolute atomic E-state index is 4.64. The highest BCUT2D eigenvalue weighted by Crippen LogP contribution is 2.08. The molecule has 0 saturated heterocycles. The van der Waals surface area contributed by atoms with Crippen LogP contribution in [0.4, 0.5) is 0 Å². The van der Waals surface area contributed by atoms with Crippen molar-refractivity contribution in [2.45, 2.75) is 40.0 Å². The molecule has 0 spiro atoms. The molecule has 2 rings (SSSR count). The summed E-state index contributed by atoms with van der Waals surface area (Å²) in [6.07, 6.45) is 2.98. The average Bonchev–Trinajstić information content (AvgIpc) is 3.01. The van der Waals surface area contributed by atoms with Crippen LogP contribution in [0.5, 0.6) is 0 Å². The van der Waals surface area contributed by atoms with E-state index in [-0.39, 0.29) is 0 Å². The van der Waals surface area contributed by atoms with Crippen LogP contribution < -0.4 is 10.6 Å². The molecule has 4 nitrogen and oxygen atoms in total. The molecule has 130 valence electrons. The fourth-order valence-electron chi connectivity index (χ4n) is 2.41. The zero-order valence-electron chi connectivity index (χ0n) is 14.9. The molecular weight excluding hydrogens is 316 g/mol. The van der Waals surface area contributed by atoms with Crippen LogP contribution in [0.1, 0.15) is 35.7 Å². The number of aryl methyl sites for hydroxylation is 2. The zero-order valence-corrected chi connectivity index (χ0v) is 15.7. The Bertz CT molecular complexity index is 631. The maximum Gasteiger partial charge on any atom is 0.191 e. The number of hydrogen-bond donors (Lipinski definition) is 2. The van der Waals surface area contributed by atoms with E-state index in [1.165, 1.54) is 11.1 Å². The molecule has 24 heavy (non-hydrogen) atoms. The van der Waals surface area contributed by atoms with E-state index in [2.05, 4.69) is 64.1 Å². The second-order valence-electron chi connectivity index (χ2n) is 5.72. The van der Waals surface area contributed by atoms with Crippen molar-refractivity contribution >= 4 is 17.3 Å². The summed E-state index contributed by atoms with van der Waals surface area (Å²) in [6.45, 7) is 8.81. The minimum Gasteiger partial charge on any atom is -0.357 e. The van der Waals surface area contributed by atoms with Crippen molar-refractivity contribution in [3.05, 3.63) is 51.5 Å². The molecule has 0 amide bonds. The number of thiazole rings is 1. The molecule has 5 heteroatoms. The highest BCUT2D eigenvalue weighted by molar-refractivity contribution is 7.09. The van der Waals surface area contributed by atoms with Crippen molar-refractivity contribution in [1.82, 2.24) is 15.6 Å². The van der Waals surface area contributed by atoms with Crippen molar-refractivity contribution in [3.8, 4) is 0 Å². The Balaban J connectivity index is 1.77. The van der Waals surface area contributed by atoms with Gasteiger partial charge < -0.3 is 10.6 Å². The topological polar surface area (TPSA) is 49.3 Å². The molecule has 1 aromatic heterocycles. The van der Waals surface area contributed by atoms with Gasteiger partial charge in [-0.3, -0.25) is 4.99 Å². The lowest BCUT2D eigenvalue weighted by molar-refractivity contribution is 0.794. The smallest absolute Gasteiger partial charge is 0.191 e. The van der Waals surface area contributed by atoms with E-state index in [0.29, 0.717) is 0 Å². The molecule has 1 heterocycles. The van der Waals surface area contributed by atoms with Gasteiger partial charge in [-0.15, -0.1) is 11.3 Å². The maximum atomic E-state index is 4.64. The number of rotatable bonds is 8. The van der Waals surface area contributed by atoms with Gasteiger partial charge in [0, 0.05) is 31.4 Å². The fraction of sp³-hybridized carbons (Fsp3) is 0.474. The second kappa shape index (κ2) is 10.1. The van der Waals surface area contributed by atoms with Gasteiger partial charge in [-0.1, -0.05) is 31.2 Å². The SMILES string of the molecule is CCNC(=NCCc1csc(C)n1)NCCc1ccc(CC)cc1. The van der Waals surface area contributed by atoms with E-state index in [4.69, 9.17) is 0 Å². The minimum absolute atomic E-state index is 0.754. The molecule has 0 atom stereocenters. The summed E-state index contributed by atoms with van der Waals surface area (Å²) >= 11 is 1.70. The summed E-state index contributed by atoms with van der Waals surface area (Å²) in [4.78, 5) is 9.11. The minimum atomic E-state index is 0.754. The second-order valence-corrected chi connectivity index (χ2v) is 6.78. The first-order chi connectivity index (χ1) is 11.7. The molecule has 0 unspecified atom stereocenters. The Morgan fingerprint density at radius 1 is 1.08 bits per heavy atom. The molecular formula is C19H28N4S. The predicted molar refractivity (Wildman–Crippen MR) is 104 cm³/mol. The summed E-state index contributed by atoms with van der Waals surface area (Å²) in [7, 11) is 0. The molecule has 0 aliphatic rings. The number of guanidine groups is 1. The average molecular weight is 345 g/mol. The van der Waals surface area contributed by atoms with Gasteiger partial charge in [-0.25, -0.2) is 4.98 Å². The van der Waals surface area contributed by atoms with Gasteiger partial charge in [-0.05, 0) is 37.8 Å². The van der Waals surface area contributed by atoms with Crippen LogP contribution >= 0.6 is 11.3 Å². The summed E-state index contributed by atoms with van der Waals surface area (Å²) in [5, 5.41) is 9.94. The van der Waals surface area contributed by atoms with Crippen molar-refractivity contribution in [2.24, 2.45) is 4.99 Å². The summed E-state index contributed by atoms with van der Waals surface area (Å²) < 4.78 is 0. The van der Waals surface area contributed by atoms with Crippen LogP contribution in [-0.4, -0.2) is 30.6 Å². The van der Waals surface area contributed by atoms with E-state index in [9.17, 15) is 0 Å². The van der Waals surface area contributed by atoms with Crippen LogP contribution in [0.15, 0.2) is 34.6 Å². The number of hydrogen-bond acceptors (Lipinski definition) is 3. The van der Waals surface area contributed by atoms with Crippen LogP contribution in [0.3, 0.4) is 0 Å². The molecule has 1 aromatic carbocycles. The van der Waals surface area contributed by atoms with E-state index in [0.717, 1.165) is 55.6 Å². The van der Waals surface area contributed by atoms with E-state index in [1.54, 1.807) is 11.3 Å². The Morgan fingerprint density at radius 2 is 1.83 bits per heavy atom. The molecule has 0 aliphatic heterocycles. The number of nitrogens with one attached hydrogen (secondary N) is 2. The Kier molecular flexibility index (Phi) is 7.75. The lowest BCUT2D eigenvalue weighted by atomic mass is 10.1. The normalized spacial score (nSPS) is 11.5. The van der Waals surface area contributed by atoms with Gasteiger partial charge in [0.15, 0.2) is 5.96 Å².